The molecule has 3 heterocycles. The van der Waals surface area contributed by atoms with Crippen molar-refractivity contribution < 1.29 is 14.3 Å². The Kier molecular flexibility index (Phi) is 5.40. The molecular formula is C22H24ClFN4O2. The average molecular weight is 431 g/mol. The molecule has 0 radical (unpaired) electrons. The number of hydrogen-bond donors (Lipinski definition) is 1. The molecule has 0 bridgehead atoms. The third-order valence-electron chi connectivity index (χ3n) is 5.67. The first-order valence-electron chi connectivity index (χ1n) is 10.1. The van der Waals surface area contributed by atoms with Gasteiger partial charge in [0.15, 0.2) is 11.5 Å². The predicted molar refractivity (Wildman–Crippen MR) is 115 cm³/mol. The van der Waals surface area contributed by atoms with E-state index in [9.17, 15) is 9.90 Å². The Morgan fingerprint density at radius 3 is 2.63 bits per heavy atom. The lowest BCUT2D eigenvalue weighted by molar-refractivity contribution is -0.141. The molecule has 1 aliphatic heterocycles. The fraction of sp³-hybridized carbons (Fsp3) is 0.409. The molecule has 8 heteroatoms. The normalized spacial score (nSPS) is 17.1. The maximum atomic E-state index is 15.4. The Bertz CT molecular complexity index is 1110. The Morgan fingerprint density at radius 1 is 1.30 bits per heavy atom. The Labute approximate surface area is 179 Å². The third-order valence-corrected chi connectivity index (χ3v) is 5.93. The van der Waals surface area contributed by atoms with Gasteiger partial charge >= 0.3 is 5.97 Å². The summed E-state index contributed by atoms with van der Waals surface area (Å²) in [6.07, 6.45) is 1.39. The summed E-state index contributed by atoms with van der Waals surface area (Å²) in [7, 11) is 0. The SMILES string of the molecule is Cc1nc2c(F)c(-c3ccc(Cl)cc3)nn2c(N2CCCC(C(=O)O)C2)c1C(C)C. The van der Waals surface area contributed by atoms with Gasteiger partial charge in [0.1, 0.15) is 11.5 Å². The van der Waals surface area contributed by atoms with E-state index in [0.717, 1.165) is 23.5 Å². The van der Waals surface area contributed by atoms with Crippen LogP contribution in [0.2, 0.25) is 5.02 Å². The maximum Gasteiger partial charge on any atom is 0.308 e. The van der Waals surface area contributed by atoms with Crippen LogP contribution in [0.3, 0.4) is 0 Å². The third kappa shape index (κ3) is 3.51. The second-order valence-corrected chi connectivity index (χ2v) is 8.55. The van der Waals surface area contributed by atoms with E-state index in [4.69, 9.17) is 11.6 Å². The number of carbonyl (C=O) groups is 1. The number of piperidine rings is 1. The van der Waals surface area contributed by atoms with E-state index >= 15 is 4.39 Å². The number of rotatable bonds is 4. The lowest BCUT2D eigenvalue weighted by Crippen LogP contribution is -2.40. The number of halogens is 2. The summed E-state index contributed by atoms with van der Waals surface area (Å²) in [5.74, 6) is -0.908. The van der Waals surface area contributed by atoms with Crippen LogP contribution in [-0.4, -0.2) is 38.8 Å². The average Bonchev–Trinajstić information content (AvgIpc) is 3.03. The smallest absolute Gasteiger partial charge is 0.308 e. The first kappa shape index (κ1) is 20.6. The van der Waals surface area contributed by atoms with Gasteiger partial charge in [-0.3, -0.25) is 4.79 Å². The van der Waals surface area contributed by atoms with Crippen LogP contribution in [0.1, 0.15) is 43.9 Å². The van der Waals surface area contributed by atoms with E-state index in [1.807, 2.05) is 11.8 Å². The summed E-state index contributed by atoms with van der Waals surface area (Å²) in [4.78, 5) is 18.2. The van der Waals surface area contributed by atoms with Crippen molar-refractivity contribution in [2.45, 2.75) is 39.5 Å². The van der Waals surface area contributed by atoms with Gasteiger partial charge in [0.05, 0.1) is 5.92 Å². The summed E-state index contributed by atoms with van der Waals surface area (Å²) < 4.78 is 16.9. The number of aromatic nitrogens is 3. The summed E-state index contributed by atoms with van der Waals surface area (Å²) in [5, 5.41) is 14.7. The minimum absolute atomic E-state index is 0.119. The summed E-state index contributed by atoms with van der Waals surface area (Å²) in [5.41, 5.74) is 2.64. The van der Waals surface area contributed by atoms with Crippen molar-refractivity contribution in [1.29, 1.82) is 0 Å². The Balaban J connectivity index is 1.94. The van der Waals surface area contributed by atoms with Gasteiger partial charge in [-0.1, -0.05) is 37.6 Å². The predicted octanol–water partition coefficient (Wildman–Crippen LogP) is 4.92. The highest BCUT2D eigenvalue weighted by Crippen LogP contribution is 2.36. The number of hydrogen-bond acceptors (Lipinski definition) is 4. The zero-order valence-corrected chi connectivity index (χ0v) is 17.9. The second-order valence-electron chi connectivity index (χ2n) is 8.12. The quantitative estimate of drug-likeness (QED) is 0.636. The van der Waals surface area contributed by atoms with Crippen LogP contribution >= 0.6 is 11.6 Å². The molecule has 2 aromatic heterocycles. The number of aryl methyl sites for hydroxylation is 1. The lowest BCUT2D eigenvalue weighted by Gasteiger charge is -2.34. The van der Waals surface area contributed by atoms with Crippen LogP contribution < -0.4 is 4.90 Å². The molecular weight excluding hydrogens is 407 g/mol. The molecule has 3 aromatic rings. The number of carboxylic acid groups (broad SMARTS) is 1. The lowest BCUT2D eigenvalue weighted by atomic mass is 9.96. The van der Waals surface area contributed by atoms with E-state index in [1.54, 1.807) is 28.8 Å². The van der Waals surface area contributed by atoms with Crippen LogP contribution in [0.15, 0.2) is 24.3 Å². The highest BCUT2D eigenvalue weighted by molar-refractivity contribution is 6.30. The van der Waals surface area contributed by atoms with Gasteiger partial charge < -0.3 is 10.0 Å². The topological polar surface area (TPSA) is 70.7 Å². The molecule has 30 heavy (non-hydrogen) atoms. The van der Waals surface area contributed by atoms with E-state index < -0.39 is 17.7 Å². The van der Waals surface area contributed by atoms with Crippen molar-refractivity contribution in [3.8, 4) is 11.3 Å². The van der Waals surface area contributed by atoms with Crippen LogP contribution in [0.5, 0.6) is 0 Å². The van der Waals surface area contributed by atoms with Crippen molar-refractivity contribution in [2.75, 3.05) is 18.0 Å². The molecule has 1 N–H and O–H groups in total. The molecule has 1 saturated heterocycles. The maximum absolute atomic E-state index is 15.4. The van der Waals surface area contributed by atoms with Crippen molar-refractivity contribution in [1.82, 2.24) is 14.6 Å². The Hall–Kier alpha value is -2.67. The fourth-order valence-electron chi connectivity index (χ4n) is 4.27. The van der Waals surface area contributed by atoms with Crippen molar-refractivity contribution in [2.24, 2.45) is 5.92 Å². The van der Waals surface area contributed by atoms with Crippen molar-refractivity contribution in [3.63, 3.8) is 0 Å². The first-order valence-corrected chi connectivity index (χ1v) is 10.5. The standard InChI is InChI=1S/C22H24ClFN4O2/c1-12(2)17-13(3)25-20-18(24)19(14-6-8-16(23)9-7-14)26-28(20)21(17)27-10-4-5-15(11-27)22(29)30/h6-9,12,15H,4-5,10-11H2,1-3H3,(H,29,30). The molecule has 0 amide bonds. The van der Waals surface area contributed by atoms with Crippen LogP contribution in [0, 0.1) is 18.7 Å². The number of anilines is 1. The van der Waals surface area contributed by atoms with E-state index in [2.05, 4.69) is 23.9 Å². The summed E-state index contributed by atoms with van der Waals surface area (Å²) in [6, 6.07) is 6.85. The number of carboxylic acids is 1. The monoisotopic (exact) mass is 430 g/mol. The molecule has 1 aromatic carbocycles. The van der Waals surface area contributed by atoms with Gasteiger partial charge in [-0.2, -0.15) is 9.61 Å². The second kappa shape index (κ2) is 7.87. The molecule has 1 fully saturated rings. The first-order chi connectivity index (χ1) is 14.3. The summed E-state index contributed by atoms with van der Waals surface area (Å²) in [6.45, 7) is 7.03. The molecule has 0 saturated carbocycles. The Morgan fingerprint density at radius 2 is 2.00 bits per heavy atom. The van der Waals surface area contributed by atoms with E-state index in [0.29, 0.717) is 30.1 Å². The fourth-order valence-corrected chi connectivity index (χ4v) is 4.40. The van der Waals surface area contributed by atoms with Gasteiger partial charge in [-0.05, 0) is 37.8 Å². The van der Waals surface area contributed by atoms with Gasteiger partial charge in [0, 0.05) is 34.9 Å². The van der Waals surface area contributed by atoms with Crippen LogP contribution in [0.25, 0.3) is 16.9 Å². The number of nitrogens with zero attached hydrogens (tertiary/aromatic N) is 4. The largest absolute Gasteiger partial charge is 0.481 e. The molecule has 1 atom stereocenters. The molecule has 4 rings (SSSR count). The minimum atomic E-state index is -0.804. The van der Waals surface area contributed by atoms with Crippen molar-refractivity contribution >= 4 is 29.0 Å². The zero-order chi connectivity index (χ0) is 21.6. The number of benzene rings is 1. The molecule has 1 unspecified atom stereocenters. The highest BCUT2D eigenvalue weighted by Gasteiger charge is 2.31. The summed E-state index contributed by atoms with van der Waals surface area (Å²) >= 11 is 5.97. The van der Waals surface area contributed by atoms with E-state index in [1.165, 1.54) is 0 Å². The van der Waals surface area contributed by atoms with Gasteiger partial charge in [0.25, 0.3) is 0 Å². The highest BCUT2D eigenvalue weighted by atomic mass is 35.5. The minimum Gasteiger partial charge on any atom is -0.481 e. The van der Waals surface area contributed by atoms with Crippen molar-refractivity contribution in [3.05, 3.63) is 46.4 Å². The zero-order valence-electron chi connectivity index (χ0n) is 17.2. The van der Waals surface area contributed by atoms with Gasteiger partial charge in [-0.25, -0.2) is 9.37 Å². The molecule has 0 aliphatic carbocycles. The van der Waals surface area contributed by atoms with Crippen LogP contribution in [0.4, 0.5) is 10.2 Å². The van der Waals surface area contributed by atoms with Crippen LogP contribution in [-0.2, 0) is 4.79 Å². The van der Waals surface area contributed by atoms with Gasteiger partial charge in [-0.15, -0.1) is 0 Å². The number of aliphatic carboxylic acids is 1. The van der Waals surface area contributed by atoms with Gasteiger partial charge in [0.2, 0.25) is 0 Å². The molecule has 1 aliphatic rings. The molecule has 0 spiro atoms. The number of fused-ring (bicyclic) bond motifs is 1. The van der Waals surface area contributed by atoms with E-state index in [-0.39, 0.29) is 17.3 Å². The molecule has 6 nitrogen and oxygen atoms in total. The molecule has 158 valence electrons.